The van der Waals surface area contributed by atoms with Crippen molar-refractivity contribution in [1.29, 1.82) is 0 Å². The number of hydrogen-bond donors (Lipinski definition) is 2. The van der Waals surface area contributed by atoms with Crippen LogP contribution in [0.3, 0.4) is 0 Å². The average Bonchev–Trinajstić information content (AvgIpc) is 3.31. The number of carboxylic acids is 1. The van der Waals surface area contributed by atoms with E-state index in [0.29, 0.717) is 184 Å². The summed E-state index contributed by atoms with van der Waals surface area (Å²) in [6.07, 6.45) is 18.1. The number of hydrogen-bond acceptors (Lipinski definition) is 16. The van der Waals surface area contributed by atoms with Crippen molar-refractivity contribution in [2.45, 2.75) is 110 Å². The molecule has 0 fully saturated rings. The van der Waals surface area contributed by atoms with E-state index < -0.39 is 12.1 Å². The van der Waals surface area contributed by atoms with Crippen LogP contribution in [0, 0.1) is 5.92 Å². The van der Waals surface area contributed by atoms with E-state index in [4.69, 9.17) is 71.4 Å². The van der Waals surface area contributed by atoms with Crippen molar-refractivity contribution in [1.82, 2.24) is 0 Å². The van der Waals surface area contributed by atoms with Crippen LogP contribution in [0.25, 0.3) is 0 Å². The monoisotopic (exact) mass is 1000 g/mol. The van der Waals surface area contributed by atoms with Gasteiger partial charge in [0.15, 0.2) is 6.54 Å². The summed E-state index contributed by atoms with van der Waals surface area (Å²) in [6, 6.07) is 0. The maximum Gasteiger partial charge on any atom is 0.359 e. The van der Waals surface area contributed by atoms with E-state index in [1.54, 1.807) is 14.1 Å². The van der Waals surface area contributed by atoms with E-state index in [1.807, 2.05) is 0 Å². The molecule has 69 heavy (non-hydrogen) atoms. The Morgan fingerprint density at radius 2 is 0.594 bits per heavy atom. The minimum Gasteiger partial charge on any atom is -0.477 e. The zero-order valence-electron chi connectivity index (χ0n) is 44.2. The summed E-state index contributed by atoms with van der Waals surface area (Å²) in [6.45, 7) is 18.6. The average molecular weight is 1000 g/mol. The van der Waals surface area contributed by atoms with Gasteiger partial charge in [-0.3, -0.25) is 0 Å². The number of nitrogens with zero attached hydrogens (tertiary/aromatic N) is 1. The Hall–Kier alpha value is -1.17. The Balaban J connectivity index is 3.32. The Kier molecular flexibility index (Phi) is 55.2. The van der Waals surface area contributed by atoms with Gasteiger partial charge in [-0.15, -0.1) is 0 Å². The molecule has 1 unspecified atom stereocenters. The van der Waals surface area contributed by atoms with Gasteiger partial charge >= 0.3 is 5.97 Å². The predicted octanol–water partition coefficient (Wildman–Crippen LogP) is 5.86. The predicted molar refractivity (Wildman–Crippen MR) is 266 cm³/mol. The van der Waals surface area contributed by atoms with Gasteiger partial charge in [0, 0.05) is 6.61 Å². The van der Waals surface area contributed by atoms with Crippen LogP contribution in [0.15, 0.2) is 0 Å². The molecular weight excluding hydrogens is 899 g/mol. The first-order chi connectivity index (χ1) is 33.8. The number of quaternary nitrogens is 1. The van der Waals surface area contributed by atoms with Gasteiger partial charge in [0.25, 0.3) is 0 Å². The first-order valence-electron chi connectivity index (χ1n) is 26.6. The van der Waals surface area contributed by atoms with Gasteiger partial charge in [0.2, 0.25) is 0 Å². The molecule has 0 saturated carbocycles. The number of aliphatic hydroxyl groups excluding tert-OH is 1. The molecule has 0 spiro atoms. The van der Waals surface area contributed by atoms with Crippen LogP contribution in [0.5, 0.6) is 0 Å². The lowest BCUT2D eigenvalue weighted by molar-refractivity contribution is -0.886. The molecule has 0 heterocycles. The Morgan fingerprint density at radius 1 is 0.362 bits per heavy atom. The molecule has 0 rings (SSSR count). The van der Waals surface area contributed by atoms with E-state index >= 15 is 0 Å². The summed E-state index contributed by atoms with van der Waals surface area (Å²) in [5, 5.41) is 18.9. The molecule has 0 amide bonds. The highest BCUT2D eigenvalue weighted by Crippen LogP contribution is 2.20. The molecule has 0 aromatic heterocycles. The Labute approximate surface area is 418 Å². The molecule has 0 saturated heterocycles. The van der Waals surface area contributed by atoms with Crippen LogP contribution >= 0.6 is 0 Å². The van der Waals surface area contributed by atoms with Gasteiger partial charge in [-0.05, 0) is 18.8 Å². The summed E-state index contributed by atoms with van der Waals surface area (Å²) in [4.78, 5) is 10.9. The molecule has 0 aliphatic heterocycles. The number of likely N-dealkylation sites (N-methyl/N-ethyl adjacent to an activating group) is 1. The number of carboxylic acid groups (broad SMARTS) is 1. The van der Waals surface area contributed by atoms with Gasteiger partial charge in [-0.2, -0.15) is 0 Å². The number of unbranched alkanes of at least 4 members (excludes halogenated alkanes) is 10. The van der Waals surface area contributed by atoms with Crippen LogP contribution in [-0.2, 0) is 71.1 Å². The van der Waals surface area contributed by atoms with Crippen molar-refractivity contribution in [3.05, 3.63) is 0 Å². The second-order valence-electron chi connectivity index (χ2n) is 17.8. The van der Waals surface area contributed by atoms with Crippen molar-refractivity contribution < 1.29 is 85.8 Å². The van der Waals surface area contributed by atoms with E-state index in [9.17, 15) is 9.90 Å². The third kappa shape index (κ3) is 57.6. The quantitative estimate of drug-likeness (QED) is 0.0545. The fourth-order valence-corrected chi connectivity index (χ4v) is 7.02. The third-order valence-electron chi connectivity index (χ3n) is 10.7. The summed E-state index contributed by atoms with van der Waals surface area (Å²) < 4.78 is 78.1. The van der Waals surface area contributed by atoms with Gasteiger partial charge in [-0.25, -0.2) is 4.79 Å². The standard InChI is InChI=1S/C51H103NO17/c1-5-7-9-11-13-15-17-49(18-16-14-12-10-8-6-2)47-68-43-41-66-39-37-64-35-33-62-31-29-60-27-25-58-23-21-56-19-20-57-22-24-59-26-28-61-30-32-63-34-36-65-38-40-67-42-44-69-48-50(53)45-52(3,4)46-51(54)55/h49-50,53H,5-48H2,1-4H3/p+1. The Bertz CT molecular complexity index is 988. The van der Waals surface area contributed by atoms with E-state index in [0.717, 1.165) is 6.61 Å². The largest absolute Gasteiger partial charge is 0.477 e. The number of rotatable bonds is 61. The lowest BCUT2D eigenvalue weighted by atomic mass is 9.95. The first kappa shape index (κ1) is 67.8. The van der Waals surface area contributed by atoms with Crippen molar-refractivity contribution >= 4 is 5.97 Å². The van der Waals surface area contributed by atoms with Crippen molar-refractivity contribution in [3.8, 4) is 0 Å². The maximum absolute atomic E-state index is 10.9. The number of carbonyl (C=O) groups is 1. The highest BCUT2D eigenvalue weighted by Gasteiger charge is 2.23. The van der Waals surface area contributed by atoms with Crippen LogP contribution in [-0.4, -0.2) is 239 Å². The zero-order chi connectivity index (χ0) is 50.2. The Morgan fingerprint density at radius 3 is 0.855 bits per heavy atom. The minimum absolute atomic E-state index is 0.0627. The third-order valence-corrected chi connectivity index (χ3v) is 10.7. The molecule has 0 aromatic carbocycles. The lowest BCUT2D eigenvalue weighted by Crippen LogP contribution is -2.49. The fraction of sp³-hybridized carbons (Fsp3) is 0.980. The van der Waals surface area contributed by atoms with Gasteiger partial charge in [-0.1, -0.05) is 90.9 Å². The summed E-state index contributed by atoms with van der Waals surface area (Å²) in [7, 11) is 3.51. The maximum atomic E-state index is 10.9. The van der Waals surface area contributed by atoms with E-state index in [2.05, 4.69) is 13.8 Å². The van der Waals surface area contributed by atoms with E-state index in [1.165, 1.54) is 89.9 Å². The fourth-order valence-electron chi connectivity index (χ4n) is 7.02. The molecule has 2 N–H and O–H groups in total. The first-order valence-corrected chi connectivity index (χ1v) is 26.6. The molecule has 414 valence electrons. The highest BCUT2D eigenvalue weighted by atomic mass is 16.6. The smallest absolute Gasteiger partial charge is 0.359 e. The molecule has 1 atom stereocenters. The summed E-state index contributed by atoms with van der Waals surface area (Å²) >= 11 is 0. The molecular formula is C51H104NO17+. The molecule has 0 bridgehead atoms. The van der Waals surface area contributed by atoms with Gasteiger partial charge in [0.1, 0.15) is 12.6 Å². The molecule has 0 aliphatic rings. The molecule has 0 aliphatic carbocycles. The number of ether oxygens (including phenoxy) is 14. The van der Waals surface area contributed by atoms with Crippen LogP contribution in [0.4, 0.5) is 0 Å². The molecule has 0 aromatic rings. The van der Waals surface area contributed by atoms with Crippen molar-refractivity contribution in [2.24, 2.45) is 5.92 Å². The van der Waals surface area contributed by atoms with Gasteiger partial charge in [0.05, 0.1) is 192 Å². The number of aliphatic carboxylic acids is 1. The van der Waals surface area contributed by atoms with Crippen LogP contribution in [0.1, 0.15) is 104 Å². The molecule has 0 radical (unpaired) electrons. The van der Waals surface area contributed by atoms with Crippen LogP contribution in [0.2, 0.25) is 0 Å². The molecule has 18 nitrogen and oxygen atoms in total. The highest BCUT2D eigenvalue weighted by molar-refractivity contribution is 5.67. The normalized spacial score (nSPS) is 12.5. The zero-order valence-corrected chi connectivity index (χ0v) is 44.2. The second kappa shape index (κ2) is 56.1. The second-order valence-corrected chi connectivity index (χ2v) is 17.8. The molecule has 18 heteroatoms. The topological polar surface area (TPSA) is 187 Å². The van der Waals surface area contributed by atoms with E-state index in [-0.39, 0.29) is 17.6 Å². The van der Waals surface area contributed by atoms with Gasteiger partial charge < -0.3 is 81.0 Å². The van der Waals surface area contributed by atoms with Crippen molar-refractivity contribution in [3.63, 3.8) is 0 Å². The minimum atomic E-state index is -0.905. The van der Waals surface area contributed by atoms with Crippen LogP contribution < -0.4 is 0 Å². The van der Waals surface area contributed by atoms with Crippen molar-refractivity contribution in [2.75, 3.05) is 212 Å². The lowest BCUT2D eigenvalue weighted by Gasteiger charge is -2.29. The SMILES string of the molecule is CCCCCCCCC(CCCCCCCC)COCCOCCOCCOCCOCCOCCOCCOCCOCCOCCOCCOCCOCCOCC(O)C[N+](C)(C)CC(=O)O. The summed E-state index contributed by atoms with van der Waals surface area (Å²) in [5.41, 5.74) is 0. The summed E-state index contributed by atoms with van der Waals surface area (Å²) in [5.74, 6) is -0.225. The number of aliphatic hydroxyl groups is 1.